The Morgan fingerprint density at radius 2 is 1.75 bits per heavy atom. The van der Waals surface area contributed by atoms with Gasteiger partial charge in [-0.1, -0.05) is 31.9 Å². The average Bonchev–Trinajstić information content (AvgIpc) is 2.81. The minimum Gasteiger partial charge on any atom is -0.352 e. The molecule has 1 aromatic carbocycles. The summed E-state index contributed by atoms with van der Waals surface area (Å²) < 4.78 is 39.7. The van der Waals surface area contributed by atoms with Gasteiger partial charge in [-0.15, -0.1) is 0 Å². The van der Waals surface area contributed by atoms with Gasteiger partial charge in [0.25, 0.3) is 11.8 Å². The zero-order valence-corrected chi connectivity index (χ0v) is 17.9. The van der Waals surface area contributed by atoms with Gasteiger partial charge < -0.3 is 15.1 Å². The molecule has 0 bridgehead atoms. The lowest BCUT2D eigenvalue weighted by atomic mass is 10.1. The fourth-order valence-corrected chi connectivity index (χ4v) is 3.50. The van der Waals surface area contributed by atoms with Gasteiger partial charge in [0.1, 0.15) is 11.5 Å². The predicted molar refractivity (Wildman–Crippen MR) is 113 cm³/mol. The number of nitrogens with zero attached hydrogens (tertiary/aromatic N) is 4. The number of piperazine rings is 1. The van der Waals surface area contributed by atoms with Crippen molar-refractivity contribution in [1.82, 2.24) is 20.2 Å². The minimum atomic E-state index is -4.59. The second-order valence-corrected chi connectivity index (χ2v) is 7.55. The van der Waals surface area contributed by atoms with E-state index in [1.165, 1.54) is 35.5 Å². The Morgan fingerprint density at radius 1 is 1.03 bits per heavy atom. The van der Waals surface area contributed by atoms with Gasteiger partial charge in [0.2, 0.25) is 0 Å². The first-order chi connectivity index (χ1) is 15.3. The highest BCUT2D eigenvalue weighted by atomic mass is 19.4. The molecule has 0 spiro atoms. The minimum absolute atomic E-state index is 0.225. The molecule has 2 aromatic rings. The molecule has 2 heterocycles. The summed E-state index contributed by atoms with van der Waals surface area (Å²) in [5.74, 6) is -0.368. The summed E-state index contributed by atoms with van der Waals surface area (Å²) in [6, 6.07) is 4.82. The van der Waals surface area contributed by atoms with Gasteiger partial charge in [-0.05, 0) is 18.6 Å². The summed E-state index contributed by atoms with van der Waals surface area (Å²) in [4.78, 5) is 36.5. The van der Waals surface area contributed by atoms with Gasteiger partial charge in [-0.25, -0.2) is 9.97 Å². The van der Waals surface area contributed by atoms with Gasteiger partial charge in [0, 0.05) is 32.7 Å². The van der Waals surface area contributed by atoms with Crippen molar-refractivity contribution in [2.24, 2.45) is 0 Å². The molecule has 7 nitrogen and oxygen atoms in total. The van der Waals surface area contributed by atoms with Crippen LogP contribution in [0.2, 0.25) is 0 Å². The SMILES string of the molecule is CCCCCNC(=O)c1cnc(N2CCN(C(=O)c3ccccc3C(F)(F)F)CC2)cn1. The van der Waals surface area contributed by atoms with E-state index in [9.17, 15) is 22.8 Å². The van der Waals surface area contributed by atoms with Crippen LogP contribution in [0.25, 0.3) is 0 Å². The standard InChI is InChI=1S/C22H26F3N5O2/c1-2-3-6-9-26-20(31)18-14-28-19(15-27-18)29-10-12-30(13-11-29)21(32)16-7-4-5-8-17(16)22(23,24)25/h4-5,7-8,14-15H,2-3,6,9-13H2,1H3,(H,26,31). The van der Waals surface area contributed by atoms with Crippen molar-refractivity contribution in [3.8, 4) is 0 Å². The molecule has 1 N–H and O–H groups in total. The molecule has 1 aliphatic rings. The second-order valence-electron chi connectivity index (χ2n) is 7.55. The maximum atomic E-state index is 13.2. The first kappa shape index (κ1) is 23.5. The number of hydrogen-bond donors (Lipinski definition) is 1. The normalized spacial score (nSPS) is 14.4. The lowest BCUT2D eigenvalue weighted by molar-refractivity contribution is -0.138. The van der Waals surface area contributed by atoms with Crippen LogP contribution < -0.4 is 10.2 Å². The summed E-state index contributed by atoms with van der Waals surface area (Å²) in [7, 11) is 0. The van der Waals surface area contributed by atoms with E-state index in [2.05, 4.69) is 22.2 Å². The first-order valence-corrected chi connectivity index (χ1v) is 10.6. The summed E-state index contributed by atoms with van der Waals surface area (Å²) >= 11 is 0. The Kier molecular flexibility index (Phi) is 7.66. The highest BCUT2D eigenvalue weighted by Crippen LogP contribution is 2.32. The molecule has 172 valence electrons. The van der Waals surface area contributed by atoms with Gasteiger partial charge in [-0.3, -0.25) is 9.59 Å². The Morgan fingerprint density at radius 3 is 2.38 bits per heavy atom. The van der Waals surface area contributed by atoms with Crippen LogP contribution in [0.5, 0.6) is 0 Å². The van der Waals surface area contributed by atoms with Gasteiger partial charge in [-0.2, -0.15) is 13.2 Å². The highest BCUT2D eigenvalue weighted by Gasteiger charge is 2.36. The molecular weight excluding hydrogens is 423 g/mol. The zero-order valence-electron chi connectivity index (χ0n) is 17.9. The third-order valence-corrected chi connectivity index (χ3v) is 5.29. The number of anilines is 1. The van der Waals surface area contributed by atoms with E-state index in [1.807, 2.05) is 4.90 Å². The fraction of sp³-hybridized carbons (Fsp3) is 0.455. The zero-order chi connectivity index (χ0) is 23.1. The maximum absolute atomic E-state index is 13.2. The van der Waals surface area contributed by atoms with Crippen molar-refractivity contribution in [1.29, 1.82) is 0 Å². The maximum Gasteiger partial charge on any atom is 0.417 e. The third kappa shape index (κ3) is 5.74. The van der Waals surface area contributed by atoms with Crippen molar-refractivity contribution in [2.45, 2.75) is 32.4 Å². The lowest BCUT2D eigenvalue weighted by Gasteiger charge is -2.35. The van der Waals surface area contributed by atoms with Crippen LogP contribution >= 0.6 is 0 Å². The van der Waals surface area contributed by atoms with E-state index in [4.69, 9.17) is 0 Å². The number of halogens is 3. The number of carbonyl (C=O) groups is 2. The van der Waals surface area contributed by atoms with Crippen LogP contribution in [-0.2, 0) is 6.18 Å². The molecule has 1 aromatic heterocycles. The smallest absolute Gasteiger partial charge is 0.352 e. The van der Waals surface area contributed by atoms with Gasteiger partial charge in [0.15, 0.2) is 0 Å². The Balaban J connectivity index is 1.57. The molecule has 0 unspecified atom stereocenters. The molecule has 2 amide bonds. The highest BCUT2D eigenvalue weighted by molar-refractivity contribution is 5.96. The van der Waals surface area contributed by atoms with E-state index < -0.39 is 17.6 Å². The Hall–Kier alpha value is -3.17. The number of hydrogen-bond acceptors (Lipinski definition) is 5. The van der Waals surface area contributed by atoms with Crippen molar-refractivity contribution in [3.05, 3.63) is 53.5 Å². The number of carbonyl (C=O) groups excluding carboxylic acids is 2. The summed E-state index contributed by atoms with van der Waals surface area (Å²) in [5.41, 5.74) is -1.05. The number of amides is 2. The Bertz CT molecular complexity index is 926. The number of alkyl halides is 3. The molecule has 32 heavy (non-hydrogen) atoms. The largest absolute Gasteiger partial charge is 0.417 e. The van der Waals surface area contributed by atoms with Crippen LogP contribution in [0.3, 0.4) is 0 Å². The molecule has 3 rings (SSSR count). The second kappa shape index (κ2) is 10.4. The molecule has 1 fully saturated rings. The fourth-order valence-electron chi connectivity index (χ4n) is 3.50. The van der Waals surface area contributed by atoms with Crippen LogP contribution in [0.4, 0.5) is 19.0 Å². The van der Waals surface area contributed by atoms with E-state index >= 15 is 0 Å². The van der Waals surface area contributed by atoms with Crippen LogP contribution in [-0.4, -0.2) is 59.4 Å². The van der Waals surface area contributed by atoms with Crippen molar-refractivity contribution < 1.29 is 22.8 Å². The summed E-state index contributed by atoms with van der Waals surface area (Å²) in [6.45, 7) is 3.99. The first-order valence-electron chi connectivity index (χ1n) is 10.6. The molecule has 0 aliphatic carbocycles. The number of rotatable bonds is 7. The van der Waals surface area contributed by atoms with Crippen molar-refractivity contribution >= 4 is 17.6 Å². The molecule has 0 saturated carbocycles. The number of unbranched alkanes of at least 4 members (excludes halogenated alkanes) is 2. The number of benzene rings is 1. The molecule has 10 heteroatoms. The monoisotopic (exact) mass is 449 g/mol. The topological polar surface area (TPSA) is 78.4 Å². The van der Waals surface area contributed by atoms with Gasteiger partial charge in [0.05, 0.1) is 23.5 Å². The number of aromatic nitrogens is 2. The van der Waals surface area contributed by atoms with Crippen LogP contribution in [0, 0.1) is 0 Å². The molecular formula is C22H26F3N5O2. The molecule has 1 aliphatic heterocycles. The third-order valence-electron chi connectivity index (χ3n) is 5.29. The van der Waals surface area contributed by atoms with Crippen LogP contribution in [0.15, 0.2) is 36.7 Å². The lowest BCUT2D eigenvalue weighted by Crippen LogP contribution is -2.49. The Labute approximate surface area is 184 Å². The van der Waals surface area contributed by atoms with Gasteiger partial charge >= 0.3 is 6.18 Å². The quantitative estimate of drug-likeness (QED) is 0.656. The molecule has 1 saturated heterocycles. The predicted octanol–water partition coefficient (Wildman–Crippen LogP) is 3.38. The van der Waals surface area contributed by atoms with Crippen LogP contribution in [0.1, 0.15) is 52.6 Å². The van der Waals surface area contributed by atoms with E-state index in [1.54, 1.807) is 0 Å². The van der Waals surface area contributed by atoms with E-state index in [-0.39, 0.29) is 30.3 Å². The summed E-state index contributed by atoms with van der Waals surface area (Å²) in [6.07, 6.45) is 1.33. The average molecular weight is 449 g/mol. The van der Waals surface area contributed by atoms with E-state index in [0.717, 1.165) is 25.3 Å². The van der Waals surface area contributed by atoms with Crippen molar-refractivity contribution in [2.75, 3.05) is 37.6 Å². The molecule has 0 radical (unpaired) electrons. The summed E-state index contributed by atoms with van der Waals surface area (Å²) in [5, 5.41) is 2.80. The van der Waals surface area contributed by atoms with E-state index in [0.29, 0.717) is 25.5 Å². The van der Waals surface area contributed by atoms with Crippen molar-refractivity contribution in [3.63, 3.8) is 0 Å². The number of nitrogens with one attached hydrogen (secondary N) is 1. The molecule has 0 atom stereocenters.